The van der Waals surface area contributed by atoms with Crippen LogP contribution in [0.1, 0.15) is 6.42 Å². The van der Waals surface area contributed by atoms with E-state index < -0.39 is 37.7 Å². The number of halogens is 3. The second-order valence-corrected chi connectivity index (χ2v) is 2.84. The minimum Gasteiger partial charge on any atom is -0.469 e. The monoisotopic (exact) mass is 243 g/mol. The Labute approximate surface area is 89.8 Å². The molecular formula is C8H12F3NO4. The molecule has 0 rings (SSSR count). The highest BCUT2D eigenvalue weighted by molar-refractivity contribution is 5.82. The summed E-state index contributed by atoms with van der Waals surface area (Å²) in [6, 6.07) is 0. The number of amides is 1. The van der Waals surface area contributed by atoms with Crippen LogP contribution in [0.4, 0.5) is 13.2 Å². The summed E-state index contributed by atoms with van der Waals surface area (Å²) in [6.45, 7) is -1.52. The van der Waals surface area contributed by atoms with Crippen molar-refractivity contribution in [2.45, 2.75) is 12.6 Å². The molecule has 0 atom stereocenters. The van der Waals surface area contributed by atoms with Crippen molar-refractivity contribution in [2.75, 3.05) is 26.8 Å². The van der Waals surface area contributed by atoms with Crippen LogP contribution in [0.5, 0.6) is 0 Å². The standard InChI is InChI=1S/C8H12F3NO4/c1-16-6(14)2-3-12(4-5-13)7(15)8(9,10)11/h13H,2-5H2,1H3. The fourth-order valence-electron chi connectivity index (χ4n) is 0.943. The normalized spacial score (nSPS) is 11.1. The summed E-state index contributed by atoms with van der Waals surface area (Å²) in [5.41, 5.74) is 0. The number of hydrogen-bond donors (Lipinski definition) is 1. The number of ether oxygens (including phenoxy) is 1. The van der Waals surface area contributed by atoms with Crippen LogP contribution in [0.3, 0.4) is 0 Å². The Morgan fingerprint density at radius 2 is 1.88 bits per heavy atom. The number of carbonyl (C=O) groups is 2. The van der Waals surface area contributed by atoms with Gasteiger partial charge in [0, 0.05) is 13.1 Å². The molecule has 1 N–H and O–H groups in total. The van der Waals surface area contributed by atoms with Gasteiger partial charge in [-0.2, -0.15) is 13.2 Å². The van der Waals surface area contributed by atoms with Gasteiger partial charge in [0.15, 0.2) is 0 Å². The Balaban J connectivity index is 4.38. The first-order valence-corrected chi connectivity index (χ1v) is 4.36. The van der Waals surface area contributed by atoms with Crippen molar-refractivity contribution in [1.29, 1.82) is 0 Å². The Hall–Kier alpha value is -1.31. The van der Waals surface area contributed by atoms with Gasteiger partial charge in [-0.25, -0.2) is 0 Å². The Kier molecular flexibility index (Phi) is 5.79. The van der Waals surface area contributed by atoms with E-state index in [1.807, 2.05) is 0 Å². The summed E-state index contributed by atoms with van der Waals surface area (Å²) >= 11 is 0. The number of methoxy groups -OCH3 is 1. The van der Waals surface area contributed by atoms with Crippen LogP contribution in [0.15, 0.2) is 0 Å². The molecule has 0 aliphatic carbocycles. The lowest BCUT2D eigenvalue weighted by Crippen LogP contribution is -2.43. The zero-order chi connectivity index (χ0) is 12.8. The second kappa shape index (κ2) is 6.31. The third-order valence-corrected chi connectivity index (χ3v) is 1.71. The molecule has 0 fully saturated rings. The first kappa shape index (κ1) is 14.7. The highest BCUT2D eigenvalue weighted by Gasteiger charge is 2.42. The molecule has 0 aliphatic heterocycles. The van der Waals surface area contributed by atoms with Crippen molar-refractivity contribution in [3.8, 4) is 0 Å². The van der Waals surface area contributed by atoms with Gasteiger partial charge in [-0.15, -0.1) is 0 Å². The largest absolute Gasteiger partial charge is 0.471 e. The molecule has 16 heavy (non-hydrogen) atoms. The highest BCUT2D eigenvalue weighted by atomic mass is 19.4. The van der Waals surface area contributed by atoms with Crippen LogP contribution in [-0.2, 0) is 14.3 Å². The molecule has 1 amide bonds. The number of esters is 1. The molecule has 0 spiro atoms. The fourth-order valence-corrected chi connectivity index (χ4v) is 0.943. The molecular weight excluding hydrogens is 231 g/mol. The summed E-state index contributed by atoms with van der Waals surface area (Å²) in [4.78, 5) is 21.8. The molecule has 0 aromatic heterocycles. The van der Waals surface area contributed by atoms with Gasteiger partial charge in [0.25, 0.3) is 0 Å². The van der Waals surface area contributed by atoms with Crippen molar-refractivity contribution >= 4 is 11.9 Å². The molecule has 94 valence electrons. The lowest BCUT2D eigenvalue weighted by molar-refractivity contribution is -0.186. The van der Waals surface area contributed by atoms with Gasteiger partial charge in [0.2, 0.25) is 0 Å². The molecule has 0 bridgehead atoms. The molecule has 0 saturated carbocycles. The van der Waals surface area contributed by atoms with Crippen molar-refractivity contribution < 1.29 is 32.6 Å². The predicted molar refractivity (Wildman–Crippen MR) is 46.4 cm³/mol. The van der Waals surface area contributed by atoms with E-state index in [1.54, 1.807) is 0 Å². The SMILES string of the molecule is COC(=O)CCN(CCO)C(=O)C(F)(F)F. The fraction of sp³-hybridized carbons (Fsp3) is 0.750. The molecule has 0 aromatic carbocycles. The third-order valence-electron chi connectivity index (χ3n) is 1.71. The zero-order valence-electron chi connectivity index (χ0n) is 8.58. The van der Waals surface area contributed by atoms with Gasteiger partial charge in [0.05, 0.1) is 20.1 Å². The van der Waals surface area contributed by atoms with Gasteiger partial charge in [0.1, 0.15) is 0 Å². The van der Waals surface area contributed by atoms with Crippen LogP contribution in [0, 0.1) is 0 Å². The number of carbonyl (C=O) groups excluding carboxylic acids is 2. The zero-order valence-corrected chi connectivity index (χ0v) is 8.58. The quantitative estimate of drug-likeness (QED) is 0.686. The average molecular weight is 243 g/mol. The van der Waals surface area contributed by atoms with Crippen LogP contribution >= 0.6 is 0 Å². The predicted octanol–water partition coefficient (Wildman–Crippen LogP) is -0.0673. The van der Waals surface area contributed by atoms with Crippen LogP contribution in [0.2, 0.25) is 0 Å². The first-order valence-electron chi connectivity index (χ1n) is 4.36. The smallest absolute Gasteiger partial charge is 0.469 e. The Morgan fingerprint density at radius 3 is 2.25 bits per heavy atom. The molecule has 8 heteroatoms. The maximum absolute atomic E-state index is 12.0. The van der Waals surface area contributed by atoms with Crippen molar-refractivity contribution in [3.05, 3.63) is 0 Å². The maximum Gasteiger partial charge on any atom is 0.471 e. The second-order valence-electron chi connectivity index (χ2n) is 2.84. The first-order chi connectivity index (χ1) is 7.32. The number of rotatable bonds is 5. The lowest BCUT2D eigenvalue weighted by Gasteiger charge is -2.22. The molecule has 0 radical (unpaired) electrons. The summed E-state index contributed by atoms with van der Waals surface area (Å²) in [6.07, 6.45) is -5.36. The van der Waals surface area contributed by atoms with Crippen LogP contribution in [-0.4, -0.2) is 54.9 Å². The molecule has 0 aliphatic rings. The average Bonchev–Trinajstić information content (AvgIpc) is 2.21. The van der Waals surface area contributed by atoms with Gasteiger partial charge < -0.3 is 14.7 Å². The molecule has 0 saturated heterocycles. The van der Waals surface area contributed by atoms with E-state index in [-0.39, 0.29) is 6.42 Å². The highest BCUT2D eigenvalue weighted by Crippen LogP contribution is 2.18. The number of nitrogens with zero attached hydrogens (tertiary/aromatic N) is 1. The van der Waals surface area contributed by atoms with Gasteiger partial charge in [-0.05, 0) is 0 Å². The Morgan fingerprint density at radius 1 is 1.31 bits per heavy atom. The van der Waals surface area contributed by atoms with Crippen molar-refractivity contribution in [1.82, 2.24) is 4.90 Å². The van der Waals surface area contributed by atoms with E-state index in [0.717, 1.165) is 7.11 Å². The summed E-state index contributed by atoms with van der Waals surface area (Å²) in [7, 11) is 1.09. The number of aliphatic hydroxyl groups is 1. The molecule has 0 heterocycles. The van der Waals surface area contributed by atoms with Gasteiger partial charge in [-0.1, -0.05) is 0 Å². The van der Waals surface area contributed by atoms with Crippen molar-refractivity contribution in [3.63, 3.8) is 0 Å². The topological polar surface area (TPSA) is 66.8 Å². The molecule has 0 unspecified atom stereocenters. The van der Waals surface area contributed by atoms with Crippen molar-refractivity contribution in [2.24, 2.45) is 0 Å². The number of alkyl halides is 3. The number of aliphatic hydroxyl groups excluding tert-OH is 1. The van der Waals surface area contributed by atoms with Gasteiger partial charge in [-0.3, -0.25) is 9.59 Å². The third kappa shape index (κ3) is 4.96. The van der Waals surface area contributed by atoms with E-state index in [2.05, 4.69) is 4.74 Å². The summed E-state index contributed by atoms with van der Waals surface area (Å²) in [5.74, 6) is -2.80. The van der Waals surface area contributed by atoms with E-state index in [0.29, 0.717) is 4.90 Å². The minimum absolute atomic E-state index is 0.349. The molecule has 5 nitrogen and oxygen atoms in total. The molecule has 0 aromatic rings. The lowest BCUT2D eigenvalue weighted by atomic mass is 10.3. The summed E-state index contributed by atoms with van der Waals surface area (Å²) in [5, 5.41) is 8.50. The van der Waals surface area contributed by atoms with E-state index in [9.17, 15) is 22.8 Å². The van der Waals surface area contributed by atoms with Crippen LogP contribution < -0.4 is 0 Å². The minimum atomic E-state index is -5.01. The van der Waals surface area contributed by atoms with E-state index in [4.69, 9.17) is 5.11 Å². The maximum atomic E-state index is 12.0. The summed E-state index contributed by atoms with van der Waals surface area (Å²) < 4.78 is 40.3. The van der Waals surface area contributed by atoms with E-state index in [1.165, 1.54) is 0 Å². The van der Waals surface area contributed by atoms with E-state index >= 15 is 0 Å². The number of hydrogen-bond acceptors (Lipinski definition) is 4. The van der Waals surface area contributed by atoms with Gasteiger partial charge >= 0.3 is 18.1 Å². The Bertz CT molecular complexity index is 254. The van der Waals surface area contributed by atoms with Crippen LogP contribution in [0.25, 0.3) is 0 Å².